The second-order valence-corrected chi connectivity index (χ2v) is 5.39. The van der Waals surface area contributed by atoms with Gasteiger partial charge in [0.25, 0.3) is 0 Å². The Morgan fingerprint density at radius 2 is 1.92 bits per heavy atom. The molecule has 0 N–H and O–H groups in total. The molecule has 0 aromatic heterocycles. The van der Waals surface area contributed by atoms with Crippen molar-refractivity contribution in [1.29, 1.82) is 5.26 Å². The van der Waals surface area contributed by atoms with Crippen molar-refractivity contribution >= 4 is 11.8 Å². The summed E-state index contributed by atoms with van der Waals surface area (Å²) in [5.41, 5.74) is -0.148. The van der Waals surface area contributed by atoms with Crippen molar-refractivity contribution < 1.29 is 0 Å². The number of thioether (sulfide) groups is 1. The van der Waals surface area contributed by atoms with Gasteiger partial charge in [-0.1, -0.05) is 0 Å². The molecule has 0 saturated carbocycles. The molecule has 13 heavy (non-hydrogen) atoms. The van der Waals surface area contributed by atoms with Crippen molar-refractivity contribution in [1.82, 2.24) is 4.90 Å². The van der Waals surface area contributed by atoms with Crippen LogP contribution >= 0.6 is 11.8 Å². The highest BCUT2D eigenvalue weighted by atomic mass is 32.2. The van der Waals surface area contributed by atoms with Gasteiger partial charge in [0.2, 0.25) is 0 Å². The molecule has 0 bridgehead atoms. The van der Waals surface area contributed by atoms with Crippen LogP contribution in [-0.4, -0.2) is 37.0 Å². The summed E-state index contributed by atoms with van der Waals surface area (Å²) in [4.78, 5) is 2.18. The number of nitriles is 1. The van der Waals surface area contributed by atoms with Crippen LogP contribution in [0.5, 0.6) is 0 Å². The van der Waals surface area contributed by atoms with Crippen LogP contribution in [0, 0.1) is 16.7 Å². The van der Waals surface area contributed by atoms with E-state index in [4.69, 9.17) is 5.26 Å². The zero-order valence-corrected chi connectivity index (χ0v) is 9.95. The van der Waals surface area contributed by atoms with Gasteiger partial charge in [-0.2, -0.15) is 17.0 Å². The summed E-state index contributed by atoms with van der Waals surface area (Å²) in [7, 11) is 4.17. The van der Waals surface area contributed by atoms with E-state index in [0.717, 1.165) is 24.5 Å². The van der Waals surface area contributed by atoms with E-state index in [9.17, 15) is 0 Å². The lowest BCUT2D eigenvalue weighted by molar-refractivity contribution is 0.437. The largest absolute Gasteiger partial charge is 0.309 e. The van der Waals surface area contributed by atoms with Gasteiger partial charge >= 0.3 is 0 Å². The van der Waals surface area contributed by atoms with Crippen LogP contribution in [0.3, 0.4) is 0 Å². The minimum atomic E-state index is -0.148. The lowest BCUT2D eigenvalue weighted by Crippen LogP contribution is -2.15. The predicted octanol–water partition coefficient (Wildman–Crippen LogP) is 2.22. The minimum absolute atomic E-state index is 0.148. The third-order valence-corrected chi connectivity index (χ3v) is 2.82. The molecule has 0 saturated heterocycles. The molecule has 0 aliphatic rings. The molecular formula is C10H20N2S. The monoisotopic (exact) mass is 200 g/mol. The van der Waals surface area contributed by atoms with Gasteiger partial charge in [0.05, 0.1) is 11.5 Å². The van der Waals surface area contributed by atoms with Gasteiger partial charge in [-0.15, -0.1) is 0 Å². The van der Waals surface area contributed by atoms with Crippen LogP contribution in [0.25, 0.3) is 0 Å². The molecule has 2 nitrogen and oxygen atoms in total. The predicted molar refractivity (Wildman–Crippen MR) is 59.9 cm³/mol. The molecule has 3 heteroatoms. The van der Waals surface area contributed by atoms with Gasteiger partial charge < -0.3 is 4.90 Å². The van der Waals surface area contributed by atoms with Crippen molar-refractivity contribution in [2.45, 2.75) is 20.3 Å². The highest BCUT2D eigenvalue weighted by Gasteiger charge is 2.15. The summed E-state index contributed by atoms with van der Waals surface area (Å²) in [5.74, 6) is 2.25. The smallest absolute Gasteiger partial charge is 0.0684 e. The minimum Gasteiger partial charge on any atom is -0.309 e. The average molecular weight is 200 g/mol. The van der Waals surface area contributed by atoms with E-state index in [1.165, 1.54) is 0 Å². The van der Waals surface area contributed by atoms with Gasteiger partial charge in [0.15, 0.2) is 0 Å². The van der Waals surface area contributed by atoms with Gasteiger partial charge in [-0.25, -0.2) is 0 Å². The summed E-state index contributed by atoms with van der Waals surface area (Å²) in [6, 6.07) is 2.32. The van der Waals surface area contributed by atoms with Crippen molar-refractivity contribution in [2.24, 2.45) is 5.41 Å². The van der Waals surface area contributed by atoms with Crippen molar-refractivity contribution in [2.75, 3.05) is 32.1 Å². The summed E-state index contributed by atoms with van der Waals surface area (Å²) < 4.78 is 0. The molecule has 76 valence electrons. The van der Waals surface area contributed by atoms with E-state index in [2.05, 4.69) is 25.1 Å². The maximum Gasteiger partial charge on any atom is 0.0684 e. The Morgan fingerprint density at radius 1 is 1.31 bits per heavy atom. The average Bonchev–Trinajstić information content (AvgIpc) is 2.03. The fourth-order valence-electron chi connectivity index (χ4n) is 0.732. The molecule has 0 aromatic rings. The second kappa shape index (κ2) is 6.28. The summed E-state index contributed by atoms with van der Waals surface area (Å²) >= 11 is 1.93. The molecule has 0 fully saturated rings. The van der Waals surface area contributed by atoms with Gasteiger partial charge in [-0.3, -0.25) is 0 Å². The number of hydrogen-bond donors (Lipinski definition) is 0. The second-order valence-electron chi connectivity index (χ2n) is 4.16. The molecule has 0 unspecified atom stereocenters. The fourth-order valence-corrected chi connectivity index (χ4v) is 2.09. The normalized spacial score (nSPS) is 11.7. The van der Waals surface area contributed by atoms with Gasteiger partial charge in [0.1, 0.15) is 0 Å². The van der Waals surface area contributed by atoms with E-state index in [-0.39, 0.29) is 5.41 Å². The SMILES string of the molecule is CN(C)CCSCCC(C)(C)C#N. The topological polar surface area (TPSA) is 27.0 Å². The molecule has 0 heterocycles. The van der Waals surface area contributed by atoms with E-state index in [0.29, 0.717) is 0 Å². The third kappa shape index (κ3) is 8.14. The Bertz CT molecular complexity index is 170. The molecule has 0 aliphatic carbocycles. The summed E-state index contributed by atoms with van der Waals surface area (Å²) in [6.45, 7) is 5.12. The Kier molecular flexibility index (Phi) is 6.19. The van der Waals surface area contributed by atoms with Crippen molar-refractivity contribution in [3.05, 3.63) is 0 Å². The van der Waals surface area contributed by atoms with E-state index < -0.39 is 0 Å². The van der Waals surface area contributed by atoms with Crippen molar-refractivity contribution in [3.63, 3.8) is 0 Å². The number of hydrogen-bond acceptors (Lipinski definition) is 3. The zero-order valence-electron chi connectivity index (χ0n) is 9.13. The summed E-state index contributed by atoms with van der Waals surface area (Å²) in [5, 5.41) is 8.77. The highest BCUT2D eigenvalue weighted by molar-refractivity contribution is 7.99. The Morgan fingerprint density at radius 3 is 2.38 bits per heavy atom. The first-order valence-corrected chi connectivity index (χ1v) is 5.77. The molecule has 0 amide bonds. The first-order valence-electron chi connectivity index (χ1n) is 4.62. The van der Waals surface area contributed by atoms with Crippen LogP contribution in [-0.2, 0) is 0 Å². The van der Waals surface area contributed by atoms with Crippen LogP contribution in [0.1, 0.15) is 20.3 Å². The molecule has 0 aliphatic heterocycles. The van der Waals surface area contributed by atoms with E-state index in [1.807, 2.05) is 25.6 Å². The maximum absolute atomic E-state index is 8.77. The van der Waals surface area contributed by atoms with Gasteiger partial charge in [0, 0.05) is 12.3 Å². The lowest BCUT2D eigenvalue weighted by atomic mass is 9.93. The zero-order chi connectivity index (χ0) is 10.3. The molecule has 0 rings (SSSR count). The van der Waals surface area contributed by atoms with Crippen molar-refractivity contribution in [3.8, 4) is 6.07 Å². The third-order valence-electron chi connectivity index (χ3n) is 1.86. The lowest BCUT2D eigenvalue weighted by Gasteiger charge is -2.14. The Hall–Kier alpha value is -0.200. The number of nitrogens with zero attached hydrogens (tertiary/aromatic N) is 2. The first kappa shape index (κ1) is 12.8. The first-order chi connectivity index (χ1) is 5.98. The van der Waals surface area contributed by atoms with Crippen LogP contribution in [0.2, 0.25) is 0 Å². The molecule has 0 aromatic carbocycles. The molecule has 0 radical (unpaired) electrons. The fraction of sp³-hybridized carbons (Fsp3) is 0.900. The quantitative estimate of drug-likeness (QED) is 0.615. The maximum atomic E-state index is 8.77. The molecule has 0 atom stereocenters. The summed E-state index contributed by atoms with van der Waals surface area (Å²) in [6.07, 6.45) is 0.988. The van der Waals surface area contributed by atoms with Crippen LogP contribution in [0.15, 0.2) is 0 Å². The van der Waals surface area contributed by atoms with Crippen LogP contribution in [0.4, 0.5) is 0 Å². The Labute approximate surface area is 86.3 Å². The van der Waals surface area contributed by atoms with E-state index in [1.54, 1.807) is 0 Å². The Balaban J connectivity index is 3.32. The molecular weight excluding hydrogens is 180 g/mol. The van der Waals surface area contributed by atoms with Gasteiger partial charge in [-0.05, 0) is 40.1 Å². The standard InChI is InChI=1S/C10H20N2S/c1-10(2,9-11)5-7-13-8-6-12(3)4/h5-8H2,1-4H3. The highest BCUT2D eigenvalue weighted by Crippen LogP contribution is 2.21. The number of rotatable bonds is 6. The van der Waals surface area contributed by atoms with Crippen LogP contribution < -0.4 is 0 Å². The van der Waals surface area contributed by atoms with E-state index >= 15 is 0 Å². The molecule has 0 spiro atoms.